The molecular formula is C23H29F3N6OS. The van der Waals surface area contributed by atoms with Crippen molar-refractivity contribution in [1.82, 2.24) is 15.0 Å². The Morgan fingerprint density at radius 3 is 2.68 bits per heavy atom. The van der Waals surface area contributed by atoms with Crippen LogP contribution in [0.2, 0.25) is 0 Å². The molecule has 0 radical (unpaired) electrons. The summed E-state index contributed by atoms with van der Waals surface area (Å²) in [6, 6.07) is 2.00. The maximum Gasteiger partial charge on any atom is 0.405 e. The molecule has 184 valence electrons. The van der Waals surface area contributed by atoms with Crippen LogP contribution < -0.4 is 10.6 Å². The second-order valence-electron chi connectivity index (χ2n) is 8.90. The molecule has 0 saturated heterocycles. The highest BCUT2D eigenvalue weighted by atomic mass is 32.2. The largest absolute Gasteiger partial charge is 0.405 e. The predicted molar refractivity (Wildman–Crippen MR) is 128 cm³/mol. The van der Waals surface area contributed by atoms with E-state index in [9.17, 15) is 18.3 Å². The van der Waals surface area contributed by atoms with Gasteiger partial charge in [-0.1, -0.05) is 0 Å². The number of halogens is 3. The normalized spacial score (nSPS) is 20.4. The number of aliphatic imine (C=N–C) groups is 1. The van der Waals surface area contributed by atoms with Crippen LogP contribution in [0.3, 0.4) is 0 Å². The Morgan fingerprint density at radius 1 is 1.24 bits per heavy atom. The van der Waals surface area contributed by atoms with Crippen LogP contribution in [0.25, 0.3) is 0 Å². The lowest BCUT2D eigenvalue weighted by atomic mass is 10.1. The van der Waals surface area contributed by atoms with E-state index >= 15 is 0 Å². The minimum Gasteiger partial charge on any atom is -0.396 e. The van der Waals surface area contributed by atoms with E-state index in [-0.39, 0.29) is 24.5 Å². The predicted octanol–water partition coefficient (Wildman–Crippen LogP) is 5.23. The molecule has 2 atom stereocenters. The standard InChI is InChI=1S/C23H29F3N6OS/c1-13-17(11-34-18-7-8-28-19(15-4-5-15)20(18)27-2)21(31-16-6-3-14(9-16)10-33)32-22(30-13)29-12-23(24,25)26/h7-8,14-16,33H,2-6,9-12H2,1H3,(H2,29,30,31,32). The molecule has 0 spiro atoms. The fraction of sp³-hybridized carbons (Fsp3) is 0.565. The average molecular weight is 495 g/mol. The van der Waals surface area contributed by atoms with E-state index in [4.69, 9.17) is 0 Å². The molecular weight excluding hydrogens is 465 g/mol. The topological polar surface area (TPSA) is 95.3 Å². The van der Waals surface area contributed by atoms with E-state index < -0.39 is 12.7 Å². The Kier molecular flexibility index (Phi) is 7.61. The lowest BCUT2D eigenvalue weighted by Gasteiger charge is -2.20. The molecule has 0 amide bonds. The molecule has 2 aromatic heterocycles. The number of aromatic nitrogens is 3. The van der Waals surface area contributed by atoms with E-state index in [1.807, 2.05) is 6.07 Å². The number of nitrogens with zero attached hydrogens (tertiary/aromatic N) is 4. The lowest BCUT2D eigenvalue weighted by molar-refractivity contribution is -0.115. The summed E-state index contributed by atoms with van der Waals surface area (Å²) in [7, 11) is 0. The fourth-order valence-corrected chi connectivity index (χ4v) is 5.35. The van der Waals surface area contributed by atoms with Crippen LogP contribution in [0.5, 0.6) is 0 Å². The molecule has 7 nitrogen and oxygen atoms in total. The summed E-state index contributed by atoms with van der Waals surface area (Å²) in [5.74, 6) is 1.64. The summed E-state index contributed by atoms with van der Waals surface area (Å²) < 4.78 is 38.2. The smallest absolute Gasteiger partial charge is 0.396 e. The van der Waals surface area contributed by atoms with Crippen LogP contribution in [0.1, 0.15) is 55.0 Å². The molecule has 0 aromatic carbocycles. The third-order valence-corrected chi connectivity index (χ3v) is 7.28. The number of pyridine rings is 1. The van der Waals surface area contributed by atoms with Gasteiger partial charge < -0.3 is 15.7 Å². The molecule has 2 heterocycles. The number of rotatable bonds is 10. The van der Waals surface area contributed by atoms with Gasteiger partial charge in [0, 0.05) is 46.7 Å². The van der Waals surface area contributed by atoms with Gasteiger partial charge in [0.1, 0.15) is 12.4 Å². The molecule has 11 heteroatoms. The number of anilines is 2. The molecule has 2 saturated carbocycles. The van der Waals surface area contributed by atoms with E-state index in [2.05, 4.69) is 37.3 Å². The van der Waals surface area contributed by atoms with Crippen molar-refractivity contribution in [2.24, 2.45) is 10.9 Å². The van der Waals surface area contributed by atoms with Gasteiger partial charge in [0.2, 0.25) is 5.95 Å². The van der Waals surface area contributed by atoms with Crippen LogP contribution in [0.4, 0.5) is 30.6 Å². The second kappa shape index (κ2) is 10.5. The van der Waals surface area contributed by atoms with E-state index in [1.165, 1.54) is 0 Å². The molecule has 2 aliphatic carbocycles. The van der Waals surface area contributed by atoms with E-state index in [0.717, 1.165) is 53.9 Å². The Morgan fingerprint density at radius 2 is 2.03 bits per heavy atom. The van der Waals surface area contributed by atoms with Gasteiger partial charge in [-0.05, 0) is 57.7 Å². The van der Waals surface area contributed by atoms with Crippen molar-refractivity contribution in [3.63, 3.8) is 0 Å². The second-order valence-corrected chi connectivity index (χ2v) is 9.91. The minimum atomic E-state index is -4.37. The first-order valence-electron chi connectivity index (χ1n) is 11.4. The summed E-state index contributed by atoms with van der Waals surface area (Å²) in [4.78, 5) is 18.4. The number of alkyl halides is 3. The number of nitrogens with one attached hydrogen (secondary N) is 2. The van der Waals surface area contributed by atoms with Gasteiger partial charge in [-0.3, -0.25) is 9.98 Å². The zero-order valence-corrected chi connectivity index (χ0v) is 19.8. The highest BCUT2D eigenvalue weighted by molar-refractivity contribution is 7.98. The number of aliphatic hydroxyl groups is 1. The summed E-state index contributed by atoms with van der Waals surface area (Å²) >= 11 is 1.56. The first-order chi connectivity index (χ1) is 16.3. The van der Waals surface area contributed by atoms with Crippen molar-refractivity contribution in [3.8, 4) is 0 Å². The monoisotopic (exact) mass is 494 g/mol. The zero-order valence-electron chi connectivity index (χ0n) is 19.0. The van der Waals surface area contributed by atoms with Crippen LogP contribution >= 0.6 is 11.8 Å². The van der Waals surface area contributed by atoms with Crippen molar-refractivity contribution >= 4 is 35.9 Å². The first-order valence-corrected chi connectivity index (χ1v) is 12.4. The molecule has 2 aliphatic rings. The van der Waals surface area contributed by atoms with Crippen molar-refractivity contribution in [3.05, 3.63) is 29.2 Å². The molecule has 2 aromatic rings. The summed E-state index contributed by atoms with van der Waals surface area (Å²) in [5.41, 5.74) is 3.21. The van der Waals surface area contributed by atoms with Crippen LogP contribution in [0.15, 0.2) is 22.2 Å². The van der Waals surface area contributed by atoms with Gasteiger partial charge in [0.05, 0.1) is 11.4 Å². The van der Waals surface area contributed by atoms with Crippen LogP contribution in [-0.4, -0.2) is 52.1 Å². The Bertz CT molecular complexity index is 1030. The van der Waals surface area contributed by atoms with Gasteiger partial charge in [0.15, 0.2) is 0 Å². The maximum atomic E-state index is 12.7. The minimum absolute atomic E-state index is 0.0591. The van der Waals surface area contributed by atoms with Crippen LogP contribution in [-0.2, 0) is 5.75 Å². The Labute approximate surface area is 201 Å². The van der Waals surface area contributed by atoms with Crippen molar-refractivity contribution in [2.75, 3.05) is 23.8 Å². The lowest BCUT2D eigenvalue weighted by Crippen LogP contribution is -2.24. The molecule has 2 fully saturated rings. The summed E-state index contributed by atoms with van der Waals surface area (Å²) in [5, 5.41) is 15.2. The summed E-state index contributed by atoms with van der Waals surface area (Å²) in [6.45, 7) is 4.43. The highest BCUT2D eigenvalue weighted by Gasteiger charge is 2.30. The third kappa shape index (κ3) is 6.18. The van der Waals surface area contributed by atoms with Crippen LogP contribution in [0, 0.1) is 12.8 Å². The Balaban J connectivity index is 1.57. The average Bonchev–Trinajstić information content (AvgIpc) is 3.55. The van der Waals surface area contributed by atoms with Crippen molar-refractivity contribution in [2.45, 2.75) is 67.8 Å². The van der Waals surface area contributed by atoms with Gasteiger partial charge in [-0.2, -0.15) is 18.2 Å². The Hall–Kier alpha value is -2.40. The first kappa shape index (κ1) is 24.7. The van der Waals surface area contributed by atoms with E-state index in [0.29, 0.717) is 23.2 Å². The molecule has 0 bridgehead atoms. The van der Waals surface area contributed by atoms with Gasteiger partial charge in [0.25, 0.3) is 0 Å². The zero-order chi connectivity index (χ0) is 24.3. The molecule has 2 unspecified atom stereocenters. The number of hydrogen-bond acceptors (Lipinski definition) is 8. The fourth-order valence-electron chi connectivity index (χ4n) is 4.24. The van der Waals surface area contributed by atoms with Crippen molar-refractivity contribution in [1.29, 1.82) is 0 Å². The number of aliphatic hydroxyl groups excluding tert-OH is 1. The molecule has 0 aliphatic heterocycles. The maximum absolute atomic E-state index is 12.7. The highest BCUT2D eigenvalue weighted by Crippen LogP contribution is 2.46. The third-order valence-electron chi connectivity index (χ3n) is 6.21. The quantitative estimate of drug-likeness (QED) is 0.308. The van der Waals surface area contributed by atoms with E-state index in [1.54, 1.807) is 24.9 Å². The van der Waals surface area contributed by atoms with Crippen molar-refractivity contribution < 1.29 is 18.3 Å². The van der Waals surface area contributed by atoms with Gasteiger partial charge in [-0.25, -0.2) is 4.98 Å². The molecule has 4 rings (SSSR count). The molecule has 3 N–H and O–H groups in total. The molecule has 34 heavy (non-hydrogen) atoms. The van der Waals surface area contributed by atoms with Gasteiger partial charge in [-0.15, -0.1) is 11.8 Å². The van der Waals surface area contributed by atoms with Gasteiger partial charge >= 0.3 is 6.18 Å². The SMILES string of the molecule is C=Nc1c(SCc2c(C)nc(NCC(F)(F)F)nc2NC2CCC(CO)C2)ccnc1C1CC1. The number of hydrogen-bond donors (Lipinski definition) is 3. The number of thioether (sulfide) groups is 1. The number of aryl methyl sites for hydroxylation is 1. The summed E-state index contributed by atoms with van der Waals surface area (Å²) in [6.07, 6.45) is 2.18.